The number of anilines is 3. The minimum atomic E-state index is 0.891. The first-order chi connectivity index (χ1) is 31.3. The lowest BCUT2D eigenvalue weighted by molar-refractivity contribution is 0.670. The first kappa shape index (κ1) is 36.5. The molecule has 3 heteroatoms. The molecule has 2 aromatic heterocycles. The number of aromatic nitrogens is 1. The van der Waals surface area contributed by atoms with E-state index in [4.69, 9.17) is 4.42 Å². The maximum absolute atomic E-state index is 6.60. The van der Waals surface area contributed by atoms with E-state index in [1.165, 1.54) is 27.4 Å². The molecule has 0 aliphatic carbocycles. The number of hydrogen-bond acceptors (Lipinski definition) is 2. The molecule has 3 nitrogen and oxygen atoms in total. The zero-order valence-corrected chi connectivity index (χ0v) is 34.4. The molecule has 0 amide bonds. The highest BCUT2D eigenvalue weighted by Crippen LogP contribution is 2.48. The Morgan fingerprint density at radius 1 is 0.317 bits per heavy atom. The molecule has 10 aromatic carbocycles. The Balaban J connectivity index is 1.12. The van der Waals surface area contributed by atoms with Crippen LogP contribution in [0.5, 0.6) is 0 Å². The van der Waals surface area contributed by atoms with Crippen molar-refractivity contribution < 1.29 is 4.42 Å². The van der Waals surface area contributed by atoms with Gasteiger partial charge in [0.15, 0.2) is 0 Å². The van der Waals surface area contributed by atoms with Gasteiger partial charge >= 0.3 is 0 Å². The van der Waals surface area contributed by atoms with Crippen LogP contribution in [-0.2, 0) is 0 Å². The number of nitrogens with zero attached hydrogens (tertiary/aromatic N) is 2. The van der Waals surface area contributed by atoms with Crippen LogP contribution in [0.2, 0.25) is 0 Å². The lowest BCUT2D eigenvalue weighted by Gasteiger charge is -2.30. The van der Waals surface area contributed by atoms with Gasteiger partial charge in [0.1, 0.15) is 11.2 Å². The third kappa shape index (κ3) is 6.29. The number of benzene rings is 10. The van der Waals surface area contributed by atoms with Crippen LogP contribution in [0.25, 0.3) is 93.9 Å². The molecule has 0 bridgehead atoms. The number of para-hydroxylation sites is 5. The maximum Gasteiger partial charge on any atom is 0.143 e. The Kier molecular flexibility index (Phi) is 8.83. The van der Waals surface area contributed by atoms with Gasteiger partial charge in [-0.25, -0.2) is 0 Å². The fourth-order valence-electron chi connectivity index (χ4n) is 9.47. The van der Waals surface area contributed by atoms with Crippen LogP contribution in [0.1, 0.15) is 0 Å². The molecule has 12 aromatic rings. The van der Waals surface area contributed by atoms with Crippen LogP contribution in [0.4, 0.5) is 17.1 Å². The number of hydrogen-bond donors (Lipinski definition) is 0. The van der Waals surface area contributed by atoms with Gasteiger partial charge in [0.2, 0.25) is 0 Å². The summed E-state index contributed by atoms with van der Waals surface area (Å²) in [5.41, 5.74) is 17.5. The fourth-order valence-corrected chi connectivity index (χ4v) is 9.47. The summed E-state index contributed by atoms with van der Waals surface area (Å²) >= 11 is 0. The highest BCUT2D eigenvalue weighted by Gasteiger charge is 2.24. The SMILES string of the molecule is c1ccc(-c2ccc(-c3ccccc3N(c3ccc4c5ccccc5n(-c5ccccc5)c4c3)c3ccc(-c4cccc5c4oc4ccccc45)cc3-c3ccccc3)cc2)cc1. The molecule has 2 heterocycles. The van der Waals surface area contributed by atoms with E-state index in [-0.39, 0.29) is 0 Å². The molecule has 0 N–H and O–H groups in total. The normalized spacial score (nSPS) is 11.5. The van der Waals surface area contributed by atoms with E-state index < -0.39 is 0 Å². The molecule has 0 aliphatic heterocycles. The van der Waals surface area contributed by atoms with Crippen LogP contribution in [-0.4, -0.2) is 4.57 Å². The largest absolute Gasteiger partial charge is 0.455 e. The van der Waals surface area contributed by atoms with E-state index in [1.807, 2.05) is 6.07 Å². The summed E-state index contributed by atoms with van der Waals surface area (Å²) in [6.45, 7) is 0. The molecule has 0 atom stereocenters. The summed E-state index contributed by atoms with van der Waals surface area (Å²) in [4.78, 5) is 2.46. The number of rotatable bonds is 8. The molecule has 0 radical (unpaired) electrons. The van der Waals surface area contributed by atoms with Crippen molar-refractivity contribution in [3.05, 3.63) is 243 Å². The van der Waals surface area contributed by atoms with E-state index >= 15 is 0 Å². The van der Waals surface area contributed by atoms with Crippen LogP contribution in [0, 0.1) is 0 Å². The Hall–Kier alpha value is -8.40. The molecule has 0 spiro atoms. The Labute approximate surface area is 366 Å². The minimum absolute atomic E-state index is 0.891. The van der Waals surface area contributed by atoms with Crippen LogP contribution < -0.4 is 4.90 Å². The second kappa shape index (κ2) is 15.3. The zero-order chi connectivity index (χ0) is 41.7. The monoisotopic (exact) mass is 804 g/mol. The van der Waals surface area contributed by atoms with Crippen molar-refractivity contribution >= 4 is 60.8 Å². The van der Waals surface area contributed by atoms with Crippen molar-refractivity contribution in [1.29, 1.82) is 0 Å². The molecule has 0 aliphatic rings. The minimum Gasteiger partial charge on any atom is -0.455 e. The average molecular weight is 805 g/mol. The van der Waals surface area contributed by atoms with Gasteiger partial charge in [-0.05, 0) is 82.4 Å². The first-order valence-corrected chi connectivity index (χ1v) is 21.5. The maximum atomic E-state index is 6.60. The second-order valence-corrected chi connectivity index (χ2v) is 16.1. The molecule has 0 fully saturated rings. The molecule has 0 saturated carbocycles. The molecular formula is C60H40N2O. The average Bonchev–Trinajstić information content (AvgIpc) is 3.91. The fraction of sp³-hybridized carbons (Fsp3) is 0. The van der Waals surface area contributed by atoms with Gasteiger partial charge in [-0.2, -0.15) is 0 Å². The topological polar surface area (TPSA) is 21.3 Å². The molecule has 296 valence electrons. The summed E-state index contributed by atoms with van der Waals surface area (Å²) in [5.74, 6) is 0. The predicted molar refractivity (Wildman–Crippen MR) is 264 cm³/mol. The van der Waals surface area contributed by atoms with Crippen LogP contribution in [0.15, 0.2) is 247 Å². The van der Waals surface area contributed by atoms with Crippen molar-refractivity contribution in [3.63, 3.8) is 0 Å². The lowest BCUT2D eigenvalue weighted by atomic mass is 9.94. The quantitative estimate of drug-likeness (QED) is 0.153. The Morgan fingerprint density at radius 3 is 1.68 bits per heavy atom. The van der Waals surface area contributed by atoms with Gasteiger partial charge in [0, 0.05) is 49.6 Å². The van der Waals surface area contributed by atoms with E-state index in [0.29, 0.717) is 0 Å². The third-order valence-electron chi connectivity index (χ3n) is 12.4. The number of furan rings is 1. The number of fused-ring (bicyclic) bond motifs is 6. The summed E-state index contributed by atoms with van der Waals surface area (Å²) in [7, 11) is 0. The van der Waals surface area contributed by atoms with Crippen molar-refractivity contribution in [2.24, 2.45) is 0 Å². The standard InChI is InChI=1S/C60H40N2O/c1-4-17-41(18-5-1)42-31-33-44(34-32-42)48-23-10-13-28-55(48)62(47-36-37-51-50-24-11-14-29-56(50)61(58(51)40-47)46-21-8-3-9-22-46)57-38-35-45(39-54(57)43-19-6-2-7-20-43)49-26-16-27-53-52-25-12-15-30-59(52)63-60(49)53/h1-40H. The lowest BCUT2D eigenvalue weighted by Crippen LogP contribution is -2.13. The van der Waals surface area contributed by atoms with Crippen molar-refractivity contribution in [3.8, 4) is 50.2 Å². The van der Waals surface area contributed by atoms with Crippen LogP contribution in [0.3, 0.4) is 0 Å². The van der Waals surface area contributed by atoms with Crippen molar-refractivity contribution in [1.82, 2.24) is 4.57 Å². The summed E-state index contributed by atoms with van der Waals surface area (Å²) in [5, 5.41) is 4.67. The predicted octanol–water partition coefficient (Wildman–Crippen LogP) is 16.8. The van der Waals surface area contributed by atoms with Crippen LogP contribution >= 0.6 is 0 Å². The highest BCUT2D eigenvalue weighted by molar-refractivity contribution is 6.12. The summed E-state index contributed by atoms with van der Waals surface area (Å²) < 4.78 is 9.00. The molecule has 0 saturated heterocycles. The Morgan fingerprint density at radius 2 is 0.873 bits per heavy atom. The van der Waals surface area contributed by atoms with E-state index in [1.54, 1.807) is 0 Å². The summed E-state index contributed by atoms with van der Waals surface area (Å²) in [6, 6.07) is 87.2. The molecule has 12 rings (SSSR count). The van der Waals surface area contributed by atoms with E-state index in [9.17, 15) is 0 Å². The smallest absolute Gasteiger partial charge is 0.143 e. The van der Waals surface area contributed by atoms with Gasteiger partial charge in [0.25, 0.3) is 0 Å². The molecular weight excluding hydrogens is 765 g/mol. The highest BCUT2D eigenvalue weighted by atomic mass is 16.3. The Bertz CT molecular complexity index is 3600. The van der Waals surface area contributed by atoms with Gasteiger partial charge in [0.05, 0.1) is 22.4 Å². The second-order valence-electron chi connectivity index (χ2n) is 16.1. The van der Waals surface area contributed by atoms with Gasteiger partial charge < -0.3 is 13.9 Å². The van der Waals surface area contributed by atoms with Crippen molar-refractivity contribution in [2.45, 2.75) is 0 Å². The van der Waals surface area contributed by atoms with Gasteiger partial charge in [-0.15, -0.1) is 0 Å². The molecule has 0 unspecified atom stereocenters. The van der Waals surface area contributed by atoms with Crippen molar-refractivity contribution in [2.75, 3.05) is 4.90 Å². The first-order valence-electron chi connectivity index (χ1n) is 21.5. The van der Waals surface area contributed by atoms with E-state index in [2.05, 4.69) is 246 Å². The molecule has 63 heavy (non-hydrogen) atoms. The van der Waals surface area contributed by atoms with E-state index in [0.717, 1.165) is 83.6 Å². The zero-order valence-electron chi connectivity index (χ0n) is 34.4. The van der Waals surface area contributed by atoms with Gasteiger partial charge in [-0.1, -0.05) is 188 Å². The third-order valence-corrected chi connectivity index (χ3v) is 12.4. The summed E-state index contributed by atoms with van der Waals surface area (Å²) in [6.07, 6.45) is 0. The van der Waals surface area contributed by atoms with Gasteiger partial charge in [-0.3, -0.25) is 0 Å².